The summed E-state index contributed by atoms with van der Waals surface area (Å²) in [6.07, 6.45) is -3.14. The van der Waals surface area contributed by atoms with Crippen molar-refractivity contribution in [3.8, 4) is 0 Å². The van der Waals surface area contributed by atoms with Gasteiger partial charge in [0.1, 0.15) is 5.15 Å². The molecule has 0 saturated carbocycles. The number of fused-ring (bicyclic) bond motifs is 1. The first-order valence-corrected chi connectivity index (χ1v) is 5.76. The monoisotopic (exact) mass is 291 g/mol. The lowest BCUT2D eigenvalue weighted by Gasteiger charge is -2.08. The van der Waals surface area contributed by atoms with Gasteiger partial charge in [-0.25, -0.2) is 4.79 Å². The van der Waals surface area contributed by atoms with Gasteiger partial charge in [-0.15, -0.1) is 0 Å². The number of aromatic nitrogens is 1. The lowest BCUT2D eigenvalue weighted by molar-refractivity contribution is -0.137. The zero-order valence-corrected chi connectivity index (χ0v) is 10.5. The van der Waals surface area contributed by atoms with Crippen molar-refractivity contribution in [2.24, 2.45) is 0 Å². The fraction of sp³-hybridized carbons (Fsp3) is 0.250. The summed E-state index contributed by atoms with van der Waals surface area (Å²) >= 11 is 5.77. The van der Waals surface area contributed by atoms with Gasteiger partial charge in [-0.2, -0.15) is 13.2 Å². The number of pyridine rings is 1. The van der Waals surface area contributed by atoms with E-state index >= 15 is 0 Å². The summed E-state index contributed by atoms with van der Waals surface area (Å²) in [5.41, 5.74) is -0.524. The van der Waals surface area contributed by atoms with E-state index in [1.54, 1.807) is 6.92 Å². The molecule has 2 aromatic heterocycles. The van der Waals surface area contributed by atoms with Gasteiger partial charge in [0.15, 0.2) is 0 Å². The third-order valence-corrected chi connectivity index (χ3v) is 2.79. The maximum Gasteiger partial charge on any atom is 0.416 e. The molecule has 19 heavy (non-hydrogen) atoms. The minimum absolute atomic E-state index is 0.125. The summed E-state index contributed by atoms with van der Waals surface area (Å²) < 4.78 is 43.9. The van der Waals surface area contributed by atoms with Crippen molar-refractivity contribution in [3.63, 3.8) is 0 Å². The third-order valence-electron chi connectivity index (χ3n) is 2.50. The summed E-state index contributed by atoms with van der Waals surface area (Å²) in [5.74, 6) is -0.601. The zero-order valence-electron chi connectivity index (χ0n) is 9.79. The van der Waals surface area contributed by atoms with Gasteiger partial charge in [0.05, 0.1) is 17.7 Å². The highest BCUT2D eigenvalue weighted by Gasteiger charge is 2.31. The molecule has 2 rings (SSSR count). The molecule has 0 fully saturated rings. The molecular weight excluding hydrogens is 283 g/mol. The normalized spacial score (nSPS) is 11.8. The Morgan fingerprint density at radius 3 is 2.63 bits per heavy atom. The van der Waals surface area contributed by atoms with Crippen LogP contribution in [0.25, 0.3) is 5.52 Å². The van der Waals surface area contributed by atoms with Crippen molar-refractivity contribution in [1.82, 2.24) is 4.40 Å². The molecule has 0 bridgehead atoms. The first-order valence-electron chi connectivity index (χ1n) is 5.39. The van der Waals surface area contributed by atoms with E-state index in [2.05, 4.69) is 0 Å². The highest BCUT2D eigenvalue weighted by atomic mass is 35.5. The van der Waals surface area contributed by atoms with E-state index in [4.69, 9.17) is 16.3 Å². The Morgan fingerprint density at radius 2 is 2.05 bits per heavy atom. The van der Waals surface area contributed by atoms with Crippen LogP contribution in [0, 0.1) is 0 Å². The maximum atomic E-state index is 12.6. The molecule has 0 N–H and O–H groups in total. The standard InChI is InChI=1S/C12H9ClF3NO2/c1-2-19-11(18)7-3-9-4-8(12(14,15)16)5-10(13)17(9)6-7/h3-6H,2H2,1H3. The highest BCUT2D eigenvalue weighted by Crippen LogP contribution is 2.32. The Kier molecular flexibility index (Phi) is 3.45. The van der Waals surface area contributed by atoms with Crippen molar-refractivity contribution in [1.29, 1.82) is 0 Å². The summed E-state index contributed by atoms with van der Waals surface area (Å²) in [5, 5.41) is -0.125. The second-order valence-corrected chi connectivity index (χ2v) is 4.20. The number of halogens is 4. The third kappa shape index (κ3) is 2.68. The van der Waals surface area contributed by atoms with E-state index in [0.717, 1.165) is 12.1 Å². The molecule has 3 nitrogen and oxygen atoms in total. The Bertz CT molecular complexity index is 634. The first kappa shape index (κ1) is 13.7. The van der Waals surface area contributed by atoms with E-state index < -0.39 is 17.7 Å². The molecule has 102 valence electrons. The second kappa shape index (κ2) is 4.77. The van der Waals surface area contributed by atoms with Crippen LogP contribution in [-0.4, -0.2) is 17.0 Å². The van der Waals surface area contributed by atoms with Crippen molar-refractivity contribution in [3.05, 3.63) is 40.7 Å². The number of nitrogens with zero attached hydrogens (tertiary/aromatic N) is 1. The highest BCUT2D eigenvalue weighted by molar-refractivity contribution is 6.30. The lowest BCUT2D eigenvalue weighted by Crippen LogP contribution is -2.05. The van der Waals surface area contributed by atoms with Gasteiger partial charge in [0.25, 0.3) is 0 Å². The molecule has 0 unspecified atom stereocenters. The number of carbonyl (C=O) groups is 1. The Hall–Kier alpha value is -1.69. The van der Waals surface area contributed by atoms with Crippen molar-refractivity contribution in [2.75, 3.05) is 6.61 Å². The maximum absolute atomic E-state index is 12.6. The Labute approximate surface area is 111 Å². The van der Waals surface area contributed by atoms with Gasteiger partial charge in [-0.05, 0) is 25.1 Å². The molecule has 2 heterocycles. The minimum Gasteiger partial charge on any atom is -0.462 e. The lowest BCUT2D eigenvalue weighted by atomic mass is 10.2. The van der Waals surface area contributed by atoms with E-state index in [1.165, 1.54) is 16.7 Å². The van der Waals surface area contributed by atoms with Crippen molar-refractivity contribution < 1.29 is 22.7 Å². The summed E-state index contributed by atoms with van der Waals surface area (Å²) in [4.78, 5) is 11.5. The van der Waals surface area contributed by atoms with E-state index in [1.807, 2.05) is 0 Å². The average molecular weight is 292 g/mol. The average Bonchev–Trinajstić information content (AvgIpc) is 2.72. The van der Waals surface area contributed by atoms with Crippen LogP contribution >= 0.6 is 11.6 Å². The minimum atomic E-state index is -4.49. The molecule has 7 heteroatoms. The topological polar surface area (TPSA) is 30.7 Å². The van der Waals surface area contributed by atoms with Gasteiger partial charge < -0.3 is 9.14 Å². The SMILES string of the molecule is CCOC(=O)c1cc2cc(C(F)(F)F)cc(Cl)n2c1. The van der Waals surface area contributed by atoms with Crippen LogP contribution in [0.2, 0.25) is 5.15 Å². The van der Waals surface area contributed by atoms with Crippen LogP contribution in [0.15, 0.2) is 24.4 Å². The summed E-state index contributed by atoms with van der Waals surface area (Å²) in [7, 11) is 0. The van der Waals surface area contributed by atoms with Crippen LogP contribution in [0.5, 0.6) is 0 Å². The predicted octanol–water partition coefficient (Wildman–Crippen LogP) is 3.79. The number of esters is 1. The van der Waals surface area contributed by atoms with Crippen LogP contribution < -0.4 is 0 Å². The molecule has 0 spiro atoms. The molecule has 0 aliphatic rings. The van der Waals surface area contributed by atoms with Gasteiger partial charge in [0.2, 0.25) is 0 Å². The quantitative estimate of drug-likeness (QED) is 0.622. The largest absolute Gasteiger partial charge is 0.462 e. The number of ether oxygens (including phenoxy) is 1. The number of carbonyl (C=O) groups excluding carboxylic acids is 1. The molecule has 0 aliphatic heterocycles. The van der Waals surface area contributed by atoms with E-state index in [0.29, 0.717) is 0 Å². The van der Waals surface area contributed by atoms with Gasteiger partial charge in [-0.1, -0.05) is 11.6 Å². The molecule has 0 radical (unpaired) electrons. The van der Waals surface area contributed by atoms with Crippen LogP contribution in [-0.2, 0) is 10.9 Å². The summed E-state index contributed by atoms with van der Waals surface area (Å²) in [6, 6.07) is 3.04. The fourth-order valence-electron chi connectivity index (χ4n) is 1.66. The van der Waals surface area contributed by atoms with Crippen LogP contribution in [0.1, 0.15) is 22.8 Å². The van der Waals surface area contributed by atoms with Crippen LogP contribution in [0.3, 0.4) is 0 Å². The Balaban J connectivity index is 2.54. The van der Waals surface area contributed by atoms with Gasteiger partial charge >= 0.3 is 12.1 Å². The fourth-order valence-corrected chi connectivity index (χ4v) is 1.93. The molecular formula is C12H9ClF3NO2. The number of rotatable bonds is 2. The Morgan fingerprint density at radius 1 is 1.37 bits per heavy atom. The van der Waals surface area contributed by atoms with Gasteiger partial charge in [-0.3, -0.25) is 0 Å². The van der Waals surface area contributed by atoms with E-state index in [-0.39, 0.29) is 22.8 Å². The number of hydrogen-bond donors (Lipinski definition) is 0. The molecule has 0 amide bonds. The number of hydrogen-bond acceptors (Lipinski definition) is 2. The molecule has 2 aromatic rings. The van der Waals surface area contributed by atoms with Crippen molar-refractivity contribution >= 4 is 23.1 Å². The molecule has 0 aromatic carbocycles. The van der Waals surface area contributed by atoms with Crippen molar-refractivity contribution in [2.45, 2.75) is 13.1 Å². The number of alkyl halides is 3. The van der Waals surface area contributed by atoms with E-state index in [9.17, 15) is 18.0 Å². The first-order chi connectivity index (χ1) is 8.82. The molecule has 0 aliphatic carbocycles. The summed E-state index contributed by atoms with van der Waals surface area (Å²) in [6.45, 7) is 1.83. The molecule has 0 saturated heterocycles. The molecule has 0 atom stereocenters. The predicted molar refractivity (Wildman–Crippen MR) is 63.4 cm³/mol. The van der Waals surface area contributed by atoms with Crippen LogP contribution in [0.4, 0.5) is 13.2 Å². The second-order valence-electron chi connectivity index (χ2n) is 3.81. The zero-order chi connectivity index (χ0) is 14.2. The van der Waals surface area contributed by atoms with Gasteiger partial charge in [0, 0.05) is 11.7 Å². The smallest absolute Gasteiger partial charge is 0.416 e.